The van der Waals surface area contributed by atoms with E-state index in [9.17, 15) is 4.39 Å². The van der Waals surface area contributed by atoms with Gasteiger partial charge in [-0.1, -0.05) is 11.6 Å². The summed E-state index contributed by atoms with van der Waals surface area (Å²) in [6.45, 7) is 4.93. The van der Waals surface area contributed by atoms with E-state index in [1.807, 2.05) is 6.07 Å². The molecule has 1 aliphatic heterocycles. The average Bonchev–Trinajstić information content (AvgIpc) is 2.41. The highest BCUT2D eigenvalue weighted by Crippen LogP contribution is 2.22. The van der Waals surface area contributed by atoms with Crippen molar-refractivity contribution in [3.05, 3.63) is 29.0 Å². The number of hydrogen-bond donors (Lipinski definition) is 1. The smallest absolute Gasteiger partial charge is 0.126 e. The van der Waals surface area contributed by atoms with Crippen LogP contribution in [0.2, 0.25) is 5.02 Å². The number of anilines is 1. The molecule has 1 aromatic carbocycles. The number of nitrogens with zero attached hydrogens (tertiary/aromatic N) is 1. The molecule has 0 amide bonds. The summed E-state index contributed by atoms with van der Waals surface area (Å²) in [4.78, 5) is 2.17. The van der Waals surface area contributed by atoms with Gasteiger partial charge < -0.3 is 10.2 Å². The summed E-state index contributed by atoms with van der Waals surface area (Å²) in [7, 11) is 0. The zero-order valence-electron chi connectivity index (χ0n) is 9.34. The molecule has 0 radical (unpaired) electrons. The van der Waals surface area contributed by atoms with Crippen LogP contribution in [-0.2, 0) is 0 Å². The zero-order valence-corrected chi connectivity index (χ0v) is 10.1. The molecule has 88 valence electrons. The van der Waals surface area contributed by atoms with Gasteiger partial charge in [0, 0.05) is 36.4 Å². The Hall–Kier alpha value is -0.800. The Balaban J connectivity index is 2.16. The van der Waals surface area contributed by atoms with Crippen LogP contribution < -0.4 is 10.2 Å². The lowest BCUT2D eigenvalue weighted by Gasteiger charge is -2.22. The Morgan fingerprint density at radius 3 is 2.94 bits per heavy atom. The summed E-state index contributed by atoms with van der Waals surface area (Å²) < 4.78 is 13.2. The summed E-state index contributed by atoms with van der Waals surface area (Å²) >= 11 is 5.86. The summed E-state index contributed by atoms with van der Waals surface area (Å²) in [5.41, 5.74) is 0.876. The van der Waals surface area contributed by atoms with Crippen molar-refractivity contribution in [3.63, 3.8) is 0 Å². The van der Waals surface area contributed by atoms with Gasteiger partial charge in [0.25, 0.3) is 0 Å². The van der Waals surface area contributed by atoms with Crippen molar-refractivity contribution in [1.82, 2.24) is 5.32 Å². The highest BCUT2D eigenvalue weighted by molar-refractivity contribution is 6.30. The molecule has 0 saturated carbocycles. The van der Waals surface area contributed by atoms with Gasteiger partial charge in [-0.2, -0.15) is 0 Å². The highest BCUT2D eigenvalue weighted by atomic mass is 35.5. The molecule has 0 aliphatic carbocycles. The standard InChI is InChI=1S/C12H16ClFN2/c1-9-2-4-16(5-3-15-9)12-7-10(13)6-11(14)8-12/h6-9,15H,2-5H2,1H3. The minimum absolute atomic E-state index is 0.271. The SMILES string of the molecule is CC1CCN(c2cc(F)cc(Cl)c2)CCN1. The number of nitrogens with one attached hydrogen (secondary N) is 1. The molecular formula is C12H16ClFN2. The van der Waals surface area contributed by atoms with Crippen LogP contribution in [0.25, 0.3) is 0 Å². The lowest BCUT2D eigenvalue weighted by molar-refractivity contribution is 0.566. The molecule has 1 aromatic rings. The van der Waals surface area contributed by atoms with Gasteiger partial charge in [-0.05, 0) is 31.5 Å². The van der Waals surface area contributed by atoms with Crippen LogP contribution in [0.15, 0.2) is 18.2 Å². The minimum Gasteiger partial charge on any atom is -0.370 e. The van der Waals surface area contributed by atoms with Crippen LogP contribution in [-0.4, -0.2) is 25.7 Å². The first-order chi connectivity index (χ1) is 7.65. The third kappa shape index (κ3) is 2.86. The maximum Gasteiger partial charge on any atom is 0.126 e. The van der Waals surface area contributed by atoms with Gasteiger partial charge in [-0.3, -0.25) is 0 Å². The van der Waals surface area contributed by atoms with Gasteiger partial charge in [0.05, 0.1) is 0 Å². The second-order valence-electron chi connectivity index (χ2n) is 4.26. The quantitative estimate of drug-likeness (QED) is 0.815. The Morgan fingerprint density at radius 1 is 1.38 bits per heavy atom. The summed E-state index contributed by atoms with van der Waals surface area (Å²) in [6.07, 6.45) is 1.06. The van der Waals surface area contributed by atoms with Gasteiger partial charge >= 0.3 is 0 Å². The molecule has 1 unspecified atom stereocenters. The molecule has 1 fully saturated rings. The monoisotopic (exact) mass is 242 g/mol. The van der Waals surface area contributed by atoms with Gasteiger partial charge in [0.2, 0.25) is 0 Å². The average molecular weight is 243 g/mol. The van der Waals surface area contributed by atoms with E-state index < -0.39 is 0 Å². The molecule has 1 heterocycles. The molecule has 0 spiro atoms. The van der Waals surface area contributed by atoms with Crippen molar-refractivity contribution < 1.29 is 4.39 Å². The van der Waals surface area contributed by atoms with Crippen molar-refractivity contribution in [3.8, 4) is 0 Å². The fourth-order valence-electron chi connectivity index (χ4n) is 1.99. The number of benzene rings is 1. The normalized spacial score (nSPS) is 21.9. The second kappa shape index (κ2) is 5.02. The van der Waals surface area contributed by atoms with E-state index in [0.29, 0.717) is 11.1 Å². The molecule has 1 N–H and O–H groups in total. The lowest BCUT2D eigenvalue weighted by atomic mass is 10.2. The van der Waals surface area contributed by atoms with E-state index in [1.165, 1.54) is 6.07 Å². The Morgan fingerprint density at radius 2 is 2.19 bits per heavy atom. The molecule has 2 rings (SSSR count). The Bertz CT molecular complexity index is 350. The fourth-order valence-corrected chi connectivity index (χ4v) is 2.21. The van der Waals surface area contributed by atoms with Crippen LogP contribution in [0.3, 0.4) is 0 Å². The van der Waals surface area contributed by atoms with Gasteiger partial charge in [-0.25, -0.2) is 4.39 Å². The maximum absolute atomic E-state index is 13.2. The first-order valence-electron chi connectivity index (χ1n) is 5.59. The first kappa shape index (κ1) is 11.7. The third-order valence-electron chi connectivity index (χ3n) is 2.92. The lowest BCUT2D eigenvalue weighted by Crippen LogP contribution is -2.29. The maximum atomic E-state index is 13.2. The van der Waals surface area contributed by atoms with Crippen LogP contribution in [0.4, 0.5) is 10.1 Å². The molecule has 1 aliphatic rings. The van der Waals surface area contributed by atoms with Crippen LogP contribution in [0.1, 0.15) is 13.3 Å². The zero-order chi connectivity index (χ0) is 11.5. The van der Waals surface area contributed by atoms with Crippen molar-refractivity contribution in [2.75, 3.05) is 24.5 Å². The molecule has 2 nitrogen and oxygen atoms in total. The van der Waals surface area contributed by atoms with E-state index in [1.54, 1.807) is 6.07 Å². The van der Waals surface area contributed by atoms with E-state index in [4.69, 9.17) is 11.6 Å². The van der Waals surface area contributed by atoms with Crippen LogP contribution in [0, 0.1) is 5.82 Å². The van der Waals surface area contributed by atoms with Gasteiger partial charge in [0.15, 0.2) is 0 Å². The largest absolute Gasteiger partial charge is 0.370 e. The number of hydrogen-bond acceptors (Lipinski definition) is 2. The summed E-state index contributed by atoms with van der Waals surface area (Å²) in [5, 5.41) is 3.86. The van der Waals surface area contributed by atoms with Crippen molar-refractivity contribution in [2.24, 2.45) is 0 Å². The van der Waals surface area contributed by atoms with Gasteiger partial charge in [0.1, 0.15) is 5.82 Å². The summed E-state index contributed by atoms with van der Waals surface area (Å²) in [5.74, 6) is -0.271. The van der Waals surface area contributed by atoms with Crippen LogP contribution in [0.5, 0.6) is 0 Å². The van der Waals surface area contributed by atoms with Gasteiger partial charge in [-0.15, -0.1) is 0 Å². The first-order valence-corrected chi connectivity index (χ1v) is 5.97. The van der Waals surface area contributed by atoms with Crippen LogP contribution >= 0.6 is 11.6 Å². The third-order valence-corrected chi connectivity index (χ3v) is 3.14. The highest BCUT2D eigenvalue weighted by Gasteiger charge is 2.14. The number of rotatable bonds is 1. The van der Waals surface area contributed by atoms with Crippen molar-refractivity contribution in [2.45, 2.75) is 19.4 Å². The minimum atomic E-state index is -0.271. The fraction of sp³-hybridized carbons (Fsp3) is 0.500. The molecule has 4 heteroatoms. The predicted octanol–water partition coefficient (Wildman–Crippen LogP) is 2.67. The molecule has 0 aromatic heterocycles. The molecule has 1 atom stereocenters. The van der Waals surface area contributed by atoms with Crippen molar-refractivity contribution >= 4 is 17.3 Å². The molecule has 1 saturated heterocycles. The van der Waals surface area contributed by atoms with E-state index in [-0.39, 0.29) is 5.82 Å². The van der Waals surface area contributed by atoms with E-state index in [2.05, 4.69) is 17.1 Å². The van der Waals surface area contributed by atoms with E-state index in [0.717, 1.165) is 31.7 Å². The Labute approximate surface area is 100 Å². The molecule has 16 heavy (non-hydrogen) atoms. The van der Waals surface area contributed by atoms with Crippen molar-refractivity contribution in [1.29, 1.82) is 0 Å². The summed E-state index contributed by atoms with van der Waals surface area (Å²) in [6, 6.07) is 5.22. The molecule has 0 bridgehead atoms. The number of halogens is 2. The second-order valence-corrected chi connectivity index (χ2v) is 4.69. The predicted molar refractivity (Wildman–Crippen MR) is 65.7 cm³/mol. The Kier molecular flexibility index (Phi) is 3.66. The topological polar surface area (TPSA) is 15.3 Å². The molecular weight excluding hydrogens is 227 g/mol. The van der Waals surface area contributed by atoms with E-state index >= 15 is 0 Å².